The molecule has 0 radical (unpaired) electrons. The smallest absolute Gasteiger partial charge is 0.338 e. The predicted molar refractivity (Wildman–Crippen MR) is 120 cm³/mol. The van der Waals surface area contributed by atoms with Gasteiger partial charge in [-0.1, -0.05) is 18.2 Å². The maximum atomic E-state index is 13.2. The van der Waals surface area contributed by atoms with Crippen LogP contribution in [0.15, 0.2) is 65.5 Å². The van der Waals surface area contributed by atoms with Crippen molar-refractivity contribution in [2.45, 2.75) is 6.92 Å². The van der Waals surface area contributed by atoms with Gasteiger partial charge in [0.1, 0.15) is 11.4 Å². The first-order chi connectivity index (χ1) is 15.5. The van der Waals surface area contributed by atoms with Crippen molar-refractivity contribution in [1.29, 1.82) is 0 Å². The minimum Gasteiger partial charge on any atom is -0.462 e. The maximum Gasteiger partial charge on any atom is 0.338 e. The third-order valence-electron chi connectivity index (χ3n) is 4.57. The number of carbonyl (C=O) groups is 2. The molecule has 5 N–H and O–H groups in total. The van der Waals surface area contributed by atoms with Crippen molar-refractivity contribution in [3.63, 3.8) is 0 Å². The van der Waals surface area contributed by atoms with Crippen LogP contribution in [0.4, 0.5) is 23.0 Å². The number of nitrogens with zero attached hydrogens (tertiary/aromatic N) is 2. The molecule has 4 aromatic rings. The van der Waals surface area contributed by atoms with Gasteiger partial charge in [-0.15, -0.1) is 5.10 Å². The summed E-state index contributed by atoms with van der Waals surface area (Å²) < 4.78 is 6.24. The lowest BCUT2D eigenvalue weighted by Crippen LogP contribution is -2.16. The number of fused-ring (bicyclic) bond motifs is 1. The molecule has 0 saturated heterocycles. The van der Waals surface area contributed by atoms with Gasteiger partial charge in [0.15, 0.2) is 11.5 Å². The van der Waals surface area contributed by atoms with E-state index >= 15 is 0 Å². The van der Waals surface area contributed by atoms with E-state index in [4.69, 9.17) is 10.5 Å². The van der Waals surface area contributed by atoms with Crippen molar-refractivity contribution < 1.29 is 14.3 Å². The average Bonchev–Trinajstić information content (AvgIpc) is 3.13. The zero-order chi connectivity index (χ0) is 22.7. The Morgan fingerprint density at radius 3 is 2.50 bits per heavy atom. The number of aromatic amines is 1. The molecule has 0 spiro atoms. The van der Waals surface area contributed by atoms with Crippen molar-refractivity contribution in [2.24, 2.45) is 0 Å². The SMILES string of the molecule is CCOC(=O)c1ccc(NC(=O)c2c(Nc3ccccc3)nn3c(N)cc(=O)[nH]c23)cc1. The monoisotopic (exact) mass is 432 g/mol. The molecular formula is C22H20N6O4. The standard InChI is InChI=1S/C22H20N6O4/c1-2-32-22(31)13-8-10-15(11-9-13)25-21(30)18-19(24-14-6-4-3-5-7-14)27-28-16(23)12-17(29)26-20(18)28/h3-12H,2,23H2,1H3,(H,24,27)(H,25,30)(H,26,29). The number of rotatable bonds is 6. The first-order valence-corrected chi connectivity index (χ1v) is 9.78. The van der Waals surface area contributed by atoms with Gasteiger partial charge in [0.2, 0.25) is 0 Å². The van der Waals surface area contributed by atoms with Gasteiger partial charge >= 0.3 is 5.97 Å². The number of nitrogen functional groups attached to an aromatic ring is 1. The minimum atomic E-state index is -0.524. The van der Waals surface area contributed by atoms with Gasteiger partial charge in [0.05, 0.1) is 12.2 Å². The zero-order valence-corrected chi connectivity index (χ0v) is 17.1. The molecule has 0 aliphatic heterocycles. The lowest BCUT2D eigenvalue weighted by Gasteiger charge is -2.08. The first-order valence-electron chi connectivity index (χ1n) is 9.78. The second-order valence-corrected chi connectivity index (χ2v) is 6.79. The minimum absolute atomic E-state index is 0.0812. The Labute approximate surface area is 182 Å². The molecule has 0 unspecified atom stereocenters. The first kappa shape index (κ1) is 20.7. The molecule has 10 heteroatoms. The highest BCUT2D eigenvalue weighted by Gasteiger charge is 2.22. The summed E-state index contributed by atoms with van der Waals surface area (Å²) in [5.74, 6) is -0.679. The molecule has 0 atom stereocenters. The highest BCUT2D eigenvalue weighted by Crippen LogP contribution is 2.25. The summed E-state index contributed by atoms with van der Waals surface area (Å²) in [6.45, 7) is 1.99. The van der Waals surface area contributed by atoms with Crippen molar-refractivity contribution in [1.82, 2.24) is 14.6 Å². The number of carbonyl (C=O) groups excluding carboxylic acids is 2. The predicted octanol–water partition coefficient (Wildman–Crippen LogP) is 2.78. The van der Waals surface area contributed by atoms with Crippen LogP contribution in [0.1, 0.15) is 27.6 Å². The molecule has 32 heavy (non-hydrogen) atoms. The summed E-state index contributed by atoms with van der Waals surface area (Å²) in [4.78, 5) is 39.6. The largest absolute Gasteiger partial charge is 0.462 e. The van der Waals surface area contributed by atoms with Crippen molar-refractivity contribution in [3.05, 3.63) is 82.1 Å². The van der Waals surface area contributed by atoms with Crippen LogP contribution in [0.3, 0.4) is 0 Å². The van der Waals surface area contributed by atoms with E-state index in [-0.39, 0.29) is 29.5 Å². The van der Waals surface area contributed by atoms with Crippen LogP contribution in [0.25, 0.3) is 5.65 Å². The Kier molecular flexibility index (Phi) is 5.58. The van der Waals surface area contributed by atoms with Crippen molar-refractivity contribution in [3.8, 4) is 0 Å². The highest BCUT2D eigenvalue weighted by molar-refractivity contribution is 6.12. The number of ether oxygens (including phenoxy) is 1. The molecule has 4 rings (SSSR count). The number of aromatic nitrogens is 3. The van der Waals surface area contributed by atoms with Gasteiger partial charge in [0, 0.05) is 17.4 Å². The molecule has 10 nitrogen and oxygen atoms in total. The van der Waals surface area contributed by atoms with Crippen LogP contribution in [0, 0.1) is 0 Å². The van der Waals surface area contributed by atoms with E-state index in [2.05, 4.69) is 20.7 Å². The number of nitrogens with one attached hydrogen (secondary N) is 3. The van der Waals surface area contributed by atoms with Crippen LogP contribution in [-0.4, -0.2) is 33.1 Å². The number of hydrogen-bond acceptors (Lipinski definition) is 7. The summed E-state index contributed by atoms with van der Waals surface area (Å²) in [7, 11) is 0. The number of anilines is 4. The quantitative estimate of drug-likeness (QED) is 0.343. The van der Waals surface area contributed by atoms with Gasteiger partial charge in [-0.05, 0) is 43.3 Å². The number of hydrogen-bond donors (Lipinski definition) is 4. The lowest BCUT2D eigenvalue weighted by molar-refractivity contribution is 0.0526. The number of benzene rings is 2. The Bertz CT molecular complexity index is 1340. The van der Waals surface area contributed by atoms with Crippen LogP contribution in [0.2, 0.25) is 0 Å². The molecular weight excluding hydrogens is 412 g/mol. The van der Waals surface area contributed by atoms with E-state index in [0.717, 1.165) is 0 Å². The number of para-hydroxylation sites is 1. The molecule has 0 bridgehead atoms. The maximum absolute atomic E-state index is 13.2. The number of amides is 1. The third-order valence-corrected chi connectivity index (χ3v) is 4.57. The van der Waals surface area contributed by atoms with Crippen LogP contribution < -0.4 is 21.9 Å². The van der Waals surface area contributed by atoms with Crippen LogP contribution in [-0.2, 0) is 4.74 Å². The Hall–Kier alpha value is -4.60. The van der Waals surface area contributed by atoms with E-state index in [1.165, 1.54) is 10.6 Å². The summed E-state index contributed by atoms with van der Waals surface area (Å²) in [5, 5.41) is 10.2. The second-order valence-electron chi connectivity index (χ2n) is 6.79. The summed E-state index contributed by atoms with van der Waals surface area (Å²) >= 11 is 0. The lowest BCUT2D eigenvalue weighted by atomic mass is 10.2. The van der Waals surface area contributed by atoms with Crippen LogP contribution >= 0.6 is 0 Å². The van der Waals surface area contributed by atoms with E-state index < -0.39 is 17.4 Å². The molecule has 162 valence electrons. The van der Waals surface area contributed by atoms with Crippen LogP contribution in [0.5, 0.6) is 0 Å². The number of H-pyrrole nitrogens is 1. The highest BCUT2D eigenvalue weighted by atomic mass is 16.5. The molecule has 1 amide bonds. The average molecular weight is 432 g/mol. The Morgan fingerprint density at radius 1 is 1.09 bits per heavy atom. The molecule has 0 aliphatic rings. The molecule has 2 heterocycles. The second kappa shape index (κ2) is 8.64. The molecule has 0 fully saturated rings. The van der Waals surface area contributed by atoms with Gasteiger partial charge in [0.25, 0.3) is 11.5 Å². The fraction of sp³-hybridized carbons (Fsp3) is 0.0909. The van der Waals surface area contributed by atoms with E-state index in [1.807, 2.05) is 30.3 Å². The van der Waals surface area contributed by atoms with E-state index in [1.54, 1.807) is 31.2 Å². The fourth-order valence-corrected chi connectivity index (χ4v) is 3.13. The molecule has 0 aliphatic carbocycles. The van der Waals surface area contributed by atoms with Crippen molar-refractivity contribution in [2.75, 3.05) is 23.0 Å². The number of esters is 1. The van der Waals surface area contributed by atoms with Gasteiger partial charge in [-0.25, -0.2) is 4.79 Å². The number of nitrogens with two attached hydrogens (primary N) is 1. The van der Waals surface area contributed by atoms with Gasteiger partial charge in [-0.2, -0.15) is 4.52 Å². The molecule has 2 aromatic heterocycles. The van der Waals surface area contributed by atoms with Gasteiger partial charge in [-0.3, -0.25) is 9.59 Å². The van der Waals surface area contributed by atoms with Crippen molar-refractivity contribution >= 4 is 40.5 Å². The molecule has 0 saturated carbocycles. The Morgan fingerprint density at radius 2 is 1.81 bits per heavy atom. The fourth-order valence-electron chi connectivity index (χ4n) is 3.13. The summed E-state index contributed by atoms with van der Waals surface area (Å²) in [6, 6.07) is 16.6. The summed E-state index contributed by atoms with van der Waals surface area (Å²) in [6.07, 6.45) is 0. The topological polar surface area (TPSA) is 144 Å². The third kappa shape index (κ3) is 4.15. The Balaban J connectivity index is 1.70. The van der Waals surface area contributed by atoms with E-state index in [0.29, 0.717) is 16.9 Å². The molecule has 2 aromatic carbocycles. The normalized spacial score (nSPS) is 10.7. The summed E-state index contributed by atoms with van der Waals surface area (Å²) in [5.41, 5.74) is 7.23. The zero-order valence-electron chi connectivity index (χ0n) is 17.1. The van der Waals surface area contributed by atoms with E-state index in [9.17, 15) is 14.4 Å². The van der Waals surface area contributed by atoms with Gasteiger partial charge < -0.3 is 26.1 Å².